The molecule has 0 saturated carbocycles. The number of carbonyl (C=O) groups excluding carboxylic acids is 1. The monoisotopic (exact) mass is 394 g/mol. The fourth-order valence-corrected chi connectivity index (χ4v) is 2.44. The van der Waals surface area contributed by atoms with E-state index in [9.17, 15) is 15.0 Å². The molecule has 28 heavy (non-hydrogen) atoms. The predicted molar refractivity (Wildman–Crippen MR) is 97.6 cm³/mol. The number of hydrogen-bond donors (Lipinski definition) is 2. The van der Waals surface area contributed by atoms with Gasteiger partial charge in [-0.25, -0.2) is 4.79 Å². The lowest BCUT2D eigenvalue weighted by Gasteiger charge is -2.15. The molecular formula is C19H22O9. The van der Waals surface area contributed by atoms with Crippen molar-refractivity contribution >= 4 is 6.16 Å². The normalized spacial score (nSPS) is 10.2. The Morgan fingerprint density at radius 3 is 1.25 bits per heavy atom. The van der Waals surface area contributed by atoms with Crippen LogP contribution in [-0.2, 0) is 13.2 Å². The summed E-state index contributed by atoms with van der Waals surface area (Å²) in [4.78, 5) is 12.3. The Bertz CT molecular complexity index is 765. The zero-order valence-electron chi connectivity index (χ0n) is 16.0. The van der Waals surface area contributed by atoms with Crippen LogP contribution in [0.15, 0.2) is 24.3 Å². The summed E-state index contributed by atoms with van der Waals surface area (Å²) in [6.45, 7) is -0.803. The fraction of sp³-hybridized carbons (Fsp3) is 0.316. The van der Waals surface area contributed by atoms with E-state index in [4.69, 9.17) is 28.4 Å². The van der Waals surface area contributed by atoms with Gasteiger partial charge >= 0.3 is 6.16 Å². The van der Waals surface area contributed by atoms with E-state index in [0.717, 1.165) is 0 Å². The Hall–Kier alpha value is -3.17. The lowest BCUT2D eigenvalue weighted by Crippen LogP contribution is -2.16. The summed E-state index contributed by atoms with van der Waals surface area (Å²) < 4.78 is 31.0. The van der Waals surface area contributed by atoms with Crippen LogP contribution in [-0.4, -0.2) is 44.8 Å². The third-order valence-electron chi connectivity index (χ3n) is 3.86. The average molecular weight is 394 g/mol. The number of benzene rings is 2. The molecule has 9 heteroatoms. The molecule has 2 aromatic rings. The first-order valence-corrected chi connectivity index (χ1v) is 8.12. The maximum Gasteiger partial charge on any atom is 0.519 e. The molecule has 0 fully saturated rings. The van der Waals surface area contributed by atoms with Crippen molar-refractivity contribution in [3.8, 4) is 34.5 Å². The first-order valence-electron chi connectivity index (χ1n) is 8.12. The van der Waals surface area contributed by atoms with Crippen LogP contribution < -0.4 is 28.4 Å². The molecule has 2 N–H and O–H groups in total. The number of rotatable bonds is 8. The SMILES string of the molecule is COc1cc(CO)c(OC(=O)Oc2cc(OC)c(OC)cc2CO)cc1OC. The number of hydrogen-bond acceptors (Lipinski definition) is 9. The summed E-state index contributed by atoms with van der Waals surface area (Å²) >= 11 is 0. The average Bonchev–Trinajstić information content (AvgIpc) is 2.72. The number of ether oxygens (including phenoxy) is 6. The smallest absolute Gasteiger partial charge is 0.493 e. The van der Waals surface area contributed by atoms with E-state index in [-0.39, 0.29) is 11.5 Å². The van der Waals surface area contributed by atoms with Gasteiger partial charge in [0, 0.05) is 23.3 Å². The van der Waals surface area contributed by atoms with Crippen molar-refractivity contribution in [3.63, 3.8) is 0 Å². The lowest BCUT2D eigenvalue weighted by molar-refractivity contribution is 0.148. The number of aliphatic hydroxyl groups is 2. The van der Waals surface area contributed by atoms with Crippen molar-refractivity contribution in [3.05, 3.63) is 35.4 Å². The van der Waals surface area contributed by atoms with Gasteiger partial charge in [-0.05, 0) is 12.1 Å². The molecule has 2 aromatic carbocycles. The van der Waals surface area contributed by atoms with Crippen LogP contribution in [0.3, 0.4) is 0 Å². The largest absolute Gasteiger partial charge is 0.519 e. The Morgan fingerprint density at radius 1 is 0.643 bits per heavy atom. The van der Waals surface area contributed by atoms with Crippen molar-refractivity contribution in [2.24, 2.45) is 0 Å². The molecule has 0 saturated heterocycles. The summed E-state index contributed by atoms with van der Waals surface area (Å²) in [5, 5.41) is 19.0. The quantitative estimate of drug-likeness (QED) is 0.514. The summed E-state index contributed by atoms with van der Waals surface area (Å²) in [5.74, 6) is 1.44. The molecule has 0 spiro atoms. The lowest BCUT2D eigenvalue weighted by atomic mass is 10.2. The molecule has 0 aliphatic rings. The van der Waals surface area contributed by atoms with Crippen LogP contribution in [0.1, 0.15) is 11.1 Å². The Kier molecular flexibility index (Phi) is 7.30. The van der Waals surface area contributed by atoms with Crippen molar-refractivity contribution in [2.45, 2.75) is 13.2 Å². The molecular weight excluding hydrogens is 372 g/mol. The first-order chi connectivity index (χ1) is 13.5. The van der Waals surface area contributed by atoms with Gasteiger partial charge < -0.3 is 38.6 Å². The molecule has 0 amide bonds. The molecule has 0 heterocycles. The summed E-state index contributed by atoms with van der Waals surface area (Å²) in [5.41, 5.74) is 0.591. The first kappa shape index (κ1) is 21.1. The predicted octanol–water partition coefficient (Wildman–Crippen LogP) is 2.28. The van der Waals surface area contributed by atoms with E-state index in [1.165, 1.54) is 52.7 Å². The zero-order chi connectivity index (χ0) is 20.7. The summed E-state index contributed by atoms with van der Waals surface area (Å²) in [7, 11) is 5.74. The Balaban J connectivity index is 2.29. The molecule has 9 nitrogen and oxygen atoms in total. The minimum Gasteiger partial charge on any atom is -0.493 e. The van der Waals surface area contributed by atoms with Gasteiger partial charge in [-0.3, -0.25) is 0 Å². The highest BCUT2D eigenvalue weighted by atomic mass is 16.7. The van der Waals surface area contributed by atoms with Crippen molar-refractivity contribution in [1.82, 2.24) is 0 Å². The van der Waals surface area contributed by atoms with Gasteiger partial charge in [0.05, 0.1) is 41.7 Å². The Morgan fingerprint density at radius 2 is 0.964 bits per heavy atom. The standard InChI is InChI=1S/C19H22O9/c1-23-15-5-11(9-20)13(7-17(15)25-3)27-19(22)28-14-8-18(26-4)16(24-2)6-12(14)10-21/h5-8,20-21H,9-10H2,1-4H3. The summed E-state index contributed by atoms with van der Waals surface area (Å²) in [6.07, 6.45) is -1.08. The molecule has 0 aliphatic heterocycles. The molecule has 2 rings (SSSR count). The number of carbonyl (C=O) groups is 1. The number of aliphatic hydroxyl groups excluding tert-OH is 2. The minimum absolute atomic E-state index is 0.0381. The van der Waals surface area contributed by atoms with Gasteiger partial charge in [0.25, 0.3) is 0 Å². The molecule has 0 aromatic heterocycles. The molecule has 152 valence electrons. The van der Waals surface area contributed by atoms with E-state index < -0.39 is 19.4 Å². The second-order valence-corrected chi connectivity index (χ2v) is 5.40. The number of methoxy groups -OCH3 is 4. The zero-order valence-corrected chi connectivity index (χ0v) is 16.0. The summed E-state index contributed by atoms with van der Waals surface area (Å²) in [6, 6.07) is 5.76. The van der Waals surface area contributed by atoms with E-state index >= 15 is 0 Å². The fourth-order valence-electron chi connectivity index (χ4n) is 2.44. The molecule has 0 unspecified atom stereocenters. The topological polar surface area (TPSA) is 113 Å². The van der Waals surface area contributed by atoms with Crippen LogP contribution in [0, 0.1) is 0 Å². The highest BCUT2D eigenvalue weighted by Crippen LogP contribution is 2.37. The molecule has 0 atom stereocenters. The van der Waals surface area contributed by atoms with Gasteiger partial charge in [0.2, 0.25) is 0 Å². The van der Waals surface area contributed by atoms with Crippen LogP contribution in [0.2, 0.25) is 0 Å². The Labute approximate surface area is 161 Å². The second-order valence-electron chi connectivity index (χ2n) is 5.40. The van der Waals surface area contributed by atoms with Gasteiger partial charge in [-0.2, -0.15) is 0 Å². The third kappa shape index (κ3) is 4.56. The van der Waals surface area contributed by atoms with E-state index in [1.54, 1.807) is 0 Å². The maximum atomic E-state index is 12.3. The van der Waals surface area contributed by atoms with E-state index in [1.807, 2.05) is 0 Å². The van der Waals surface area contributed by atoms with Crippen molar-refractivity contribution < 1.29 is 43.4 Å². The highest BCUT2D eigenvalue weighted by molar-refractivity contribution is 5.70. The van der Waals surface area contributed by atoms with Crippen LogP contribution >= 0.6 is 0 Å². The van der Waals surface area contributed by atoms with E-state index in [0.29, 0.717) is 34.1 Å². The van der Waals surface area contributed by atoms with Gasteiger partial charge in [0.1, 0.15) is 11.5 Å². The van der Waals surface area contributed by atoms with Crippen molar-refractivity contribution in [2.75, 3.05) is 28.4 Å². The second kappa shape index (κ2) is 9.67. The molecule has 0 aliphatic carbocycles. The molecule has 0 bridgehead atoms. The van der Waals surface area contributed by atoms with Gasteiger partial charge in [-0.15, -0.1) is 0 Å². The van der Waals surface area contributed by atoms with Gasteiger partial charge in [0.15, 0.2) is 23.0 Å². The third-order valence-corrected chi connectivity index (χ3v) is 3.86. The minimum atomic E-state index is -1.08. The van der Waals surface area contributed by atoms with E-state index in [2.05, 4.69) is 0 Å². The van der Waals surface area contributed by atoms with Crippen LogP contribution in [0.5, 0.6) is 34.5 Å². The van der Waals surface area contributed by atoms with Crippen LogP contribution in [0.25, 0.3) is 0 Å². The maximum absolute atomic E-state index is 12.3. The van der Waals surface area contributed by atoms with Crippen molar-refractivity contribution in [1.29, 1.82) is 0 Å². The van der Waals surface area contributed by atoms with Crippen LogP contribution in [0.4, 0.5) is 4.79 Å². The highest BCUT2D eigenvalue weighted by Gasteiger charge is 2.19. The molecule has 0 radical (unpaired) electrons. The van der Waals surface area contributed by atoms with Gasteiger partial charge in [-0.1, -0.05) is 0 Å².